The molecular weight excluding hydrogens is 582 g/mol. The van der Waals surface area contributed by atoms with Crippen molar-refractivity contribution in [3.05, 3.63) is 131 Å². The van der Waals surface area contributed by atoms with Gasteiger partial charge < -0.3 is 21.1 Å². The van der Waals surface area contributed by atoms with Gasteiger partial charge in [-0.2, -0.15) is 0 Å². The van der Waals surface area contributed by atoms with E-state index in [2.05, 4.69) is 25.6 Å². The van der Waals surface area contributed by atoms with Gasteiger partial charge in [-0.25, -0.2) is 23.7 Å². The Bertz CT molecular complexity index is 1950. The highest BCUT2D eigenvalue weighted by Gasteiger charge is 2.16. The molecule has 0 unspecified atom stereocenters. The SMILES string of the molecule is Nc1ncnc2ccc(-c3ccc(CNc4ncc(OCc5ccccc5)cc4C(=O)NCc4ccc(F)c(F)c4)s3)cc12. The summed E-state index contributed by atoms with van der Waals surface area (Å²) in [6.45, 7) is 0.708. The van der Waals surface area contributed by atoms with E-state index in [1.54, 1.807) is 23.6 Å². The number of ether oxygens (including phenoxy) is 1. The lowest BCUT2D eigenvalue weighted by molar-refractivity contribution is 0.0950. The van der Waals surface area contributed by atoms with E-state index in [-0.39, 0.29) is 12.1 Å². The highest BCUT2D eigenvalue weighted by molar-refractivity contribution is 7.15. The van der Waals surface area contributed by atoms with Crippen molar-refractivity contribution in [3.63, 3.8) is 0 Å². The molecule has 220 valence electrons. The molecule has 0 aliphatic heterocycles. The van der Waals surface area contributed by atoms with Crippen LogP contribution in [-0.4, -0.2) is 20.9 Å². The standard InChI is InChI=1S/C33H26F2N6O2S/c34-27-9-6-21(12-28(27)35)15-39-33(42)26-14-23(43-18-20-4-2-1-3-5-20)16-37-32(26)38-17-24-8-11-30(44-24)22-7-10-29-25(13-22)31(36)41-19-40-29/h1-14,16,19H,15,17-18H2,(H,37,38)(H,39,42)(H2,36,40,41). The third-order valence-corrected chi connectivity index (χ3v) is 7.97. The average Bonchev–Trinajstić information content (AvgIpc) is 3.53. The Morgan fingerprint density at radius 1 is 0.864 bits per heavy atom. The summed E-state index contributed by atoms with van der Waals surface area (Å²) in [5.74, 6) is -1.19. The number of aromatic nitrogens is 3. The van der Waals surface area contributed by atoms with Gasteiger partial charge >= 0.3 is 0 Å². The van der Waals surface area contributed by atoms with Crippen LogP contribution >= 0.6 is 11.3 Å². The number of amides is 1. The van der Waals surface area contributed by atoms with E-state index in [1.165, 1.54) is 12.4 Å². The van der Waals surface area contributed by atoms with E-state index in [9.17, 15) is 13.6 Å². The first-order valence-electron chi connectivity index (χ1n) is 13.6. The third-order valence-electron chi connectivity index (χ3n) is 6.84. The van der Waals surface area contributed by atoms with Gasteiger partial charge in [0.15, 0.2) is 11.6 Å². The average molecular weight is 609 g/mol. The monoisotopic (exact) mass is 608 g/mol. The van der Waals surface area contributed by atoms with E-state index in [1.807, 2.05) is 60.7 Å². The lowest BCUT2D eigenvalue weighted by Gasteiger charge is -2.14. The molecule has 0 fully saturated rings. The number of fused-ring (bicyclic) bond motifs is 1. The van der Waals surface area contributed by atoms with Crippen LogP contribution < -0.4 is 21.1 Å². The second-order valence-corrected chi connectivity index (χ2v) is 11.1. The Balaban J connectivity index is 1.19. The number of nitrogen functional groups attached to an aromatic ring is 1. The molecule has 8 nitrogen and oxygen atoms in total. The number of benzene rings is 3. The molecule has 0 aliphatic carbocycles. The number of rotatable bonds is 10. The molecule has 3 aromatic heterocycles. The maximum absolute atomic E-state index is 13.7. The first-order valence-corrected chi connectivity index (χ1v) is 14.5. The van der Waals surface area contributed by atoms with Crippen molar-refractivity contribution in [2.24, 2.45) is 0 Å². The Labute approximate surface area is 255 Å². The molecule has 11 heteroatoms. The molecule has 0 saturated heterocycles. The molecular formula is C33H26F2N6O2S. The minimum absolute atomic E-state index is 0.000169. The summed E-state index contributed by atoms with van der Waals surface area (Å²) in [5.41, 5.74) is 9.45. The molecule has 0 aliphatic rings. The second kappa shape index (κ2) is 12.8. The predicted octanol–water partition coefficient (Wildman–Crippen LogP) is 6.73. The van der Waals surface area contributed by atoms with Gasteiger partial charge in [0.25, 0.3) is 5.91 Å². The van der Waals surface area contributed by atoms with Crippen LogP contribution in [0.5, 0.6) is 5.75 Å². The van der Waals surface area contributed by atoms with Gasteiger partial charge in [0.2, 0.25) is 0 Å². The molecule has 4 N–H and O–H groups in total. The van der Waals surface area contributed by atoms with Gasteiger partial charge in [0.1, 0.15) is 30.3 Å². The molecule has 0 radical (unpaired) electrons. The molecule has 0 bridgehead atoms. The number of hydrogen-bond acceptors (Lipinski definition) is 8. The van der Waals surface area contributed by atoms with Crippen LogP contribution in [0, 0.1) is 11.6 Å². The summed E-state index contributed by atoms with van der Waals surface area (Å²) in [5, 5.41) is 6.82. The molecule has 3 aromatic carbocycles. The molecule has 6 rings (SSSR count). The maximum atomic E-state index is 13.7. The predicted molar refractivity (Wildman–Crippen MR) is 167 cm³/mol. The number of thiophene rings is 1. The van der Waals surface area contributed by atoms with Crippen LogP contribution in [0.3, 0.4) is 0 Å². The summed E-state index contributed by atoms with van der Waals surface area (Å²) in [7, 11) is 0. The van der Waals surface area contributed by atoms with E-state index in [0.717, 1.165) is 43.9 Å². The van der Waals surface area contributed by atoms with Crippen molar-refractivity contribution in [2.75, 3.05) is 11.1 Å². The Morgan fingerprint density at radius 2 is 1.73 bits per heavy atom. The largest absolute Gasteiger partial charge is 0.487 e. The number of pyridine rings is 1. The van der Waals surface area contributed by atoms with E-state index >= 15 is 0 Å². The van der Waals surface area contributed by atoms with Gasteiger partial charge in [-0.05, 0) is 59.2 Å². The topological polar surface area (TPSA) is 115 Å². The minimum atomic E-state index is -0.979. The number of nitrogens with one attached hydrogen (secondary N) is 2. The zero-order valence-corrected chi connectivity index (χ0v) is 24.1. The van der Waals surface area contributed by atoms with E-state index in [0.29, 0.717) is 36.1 Å². The number of anilines is 2. The highest BCUT2D eigenvalue weighted by atomic mass is 32.1. The lowest BCUT2D eigenvalue weighted by atomic mass is 10.1. The van der Waals surface area contributed by atoms with Crippen LogP contribution in [0.4, 0.5) is 20.4 Å². The van der Waals surface area contributed by atoms with Crippen molar-refractivity contribution in [2.45, 2.75) is 19.7 Å². The molecule has 6 aromatic rings. The molecule has 44 heavy (non-hydrogen) atoms. The summed E-state index contributed by atoms with van der Waals surface area (Å²) >= 11 is 1.59. The van der Waals surface area contributed by atoms with Crippen molar-refractivity contribution in [1.82, 2.24) is 20.3 Å². The summed E-state index contributed by atoms with van der Waals surface area (Å²) in [6, 6.07) is 24.6. The van der Waals surface area contributed by atoms with Gasteiger partial charge in [-0.3, -0.25) is 4.79 Å². The van der Waals surface area contributed by atoms with Crippen molar-refractivity contribution < 1.29 is 18.3 Å². The van der Waals surface area contributed by atoms with Crippen LogP contribution in [0.15, 0.2) is 97.5 Å². The normalized spacial score (nSPS) is 11.0. The van der Waals surface area contributed by atoms with Crippen LogP contribution in [0.2, 0.25) is 0 Å². The Hall–Kier alpha value is -5.42. The zero-order chi connectivity index (χ0) is 30.5. The Morgan fingerprint density at radius 3 is 2.57 bits per heavy atom. The van der Waals surface area contributed by atoms with Crippen LogP contribution in [0.25, 0.3) is 21.3 Å². The van der Waals surface area contributed by atoms with Crippen molar-refractivity contribution in [1.29, 1.82) is 0 Å². The number of carbonyl (C=O) groups excluding carboxylic acids is 1. The quantitative estimate of drug-likeness (QED) is 0.158. The fourth-order valence-corrected chi connectivity index (χ4v) is 5.48. The van der Waals surface area contributed by atoms with Gasteiger partial charge in [-0.1, -0.05) is 42.5 Å². The Kier molecular flexibility index (Phi) is 8.37. The number of carbonyl (C=O) groups is 1. The van der Waals surface area contributed by atoms with Gasteiger partial charge in [0.05, 0.1) is 23.8 Å². The van der Waals surface area contributed by atoms with Crippen molar-refractivity contribution in [3.8, 4) is 16.2 Å². The number of nitrogens with zero attached hydrogens (tertiary/aromatic N) is 3. The molecule has 3 heterocycles. The van der Waals surface area contributed by atoms with E-state index < -0.39 is 17.5 Å². The molecule has 0 atom stereocenters. The first kappa shape index (κ1) is 28.7. The maximum Gasteiger partial charge on any atom is 0.255 e. The summed E-state index contributed by atoms with van der Waals surface area (Å²) in [4.78, 5) is 28.2. The lowest BCUT2D eigenvalue weighted by Crippen LogP contribution is -2.24. The van der Waals surface area contributed by atoms with Crippen LogP contribution in [-0.2, 0) is 19.7 Å². The van der Waals surface area contributed by atoms with Gasteiger partial charge in [-0.15, -0.1) is 11.3 Å². The molecule has 0 spiro atoms. The number of hydrogen-bond donors (Lipinski definition) is 3. The van der Waals surface area contributed by atoms with Crippen molar-refractivity contribution >= 4 is 39.8 Å². The fourth-order valence-electron chi connectivity index (χ4n) is 4.54. The highest BCUT2D eigenvalue weighted by Crippen LogP contribution is 2.32. The fraction of sp³-hybridized carbons (Fsp3) is 0.0909. The minimum Gasteiger partial charge on any atom is -0.487 e. The molecule has 0 saturated carbocycles. The molecule has 1 amide bonds. The summed E-state index contributed by atoms with van der Waals surface area (Å²) < 4.78 is 33.0. The third kappa shape index (κ3) is 6.63. The second-order valence-electron chi connectivity index (χ2n) is 9.88. The van der Waals surface area contributed by atoms with Crippen LogP contribution in [0.1, 0.15) is 26.4 Å². The number of halogens is 2. The number of nitrogens with two attached hydrogens (primary N) is 1. The summed E-state index contributed by atoms with van der Waals surface area (Å²) in [6.07, 6.45) is 3.00. The van der Waals surface area contributed by atoms with Gasteiger partial charge in [0, 0.05) is 21.7 Å². The smallest absolute Gasteiger partial charge is 0.255 e. The zero-order valence-electron chi connectivity index (χ0n) is 23.3. The van der Waals surface area contributed by atoms with E-state index in [4.69, 9.17) is 10.5 Å². The first-order chi connectivity index (χ1) is 21.4.